The molecule has 2 aromatic rings. The number of carbonyl (C=O) groups excluding carboxylic acids is 2. The van der Waals surface area contributed by atoms with Gasteiger partial charge in [0.2, 0.25) is 11.8 Å². The first-order valence-electron chi connectivity index (χ1n) is 8.84. The molecule has 0 bridgehead atoms. The number of alkyl halides is 3. The van der Waals surface area contributed by atoms with Crippen LogP contribution in [0.4, 0.5) is 18.9 Å². The van der Waals surface area contributed by atoms with Crippen LogP contribution in [0.1, 0.15) is 24.5 Å². The number of carbonyl (C=O) groups is 2. The lowest BCUT2D eigenvalue weighted by Crippen LogP contribution is -2.28. The van der Waals surface area contributed by atoms with E-state index in [1.165, 1.54) is 12.1 Å². The predicted octanol–water partition coefficient (Wildman–Crippen LogP) is 4.05. The lowest BCUT2D eigenvalue weighted by atomic mass is 10.1. The molecular weight excluding hydrogens is 417 g/mol. The van der Waals surface area contributed by atoms with E-state index in [4.69, 9.17) is 0 Å². The largest absolute Gasteiger partial charge is 0.416 e. The Bertz CT molecular complexity index is 1010. The average Bonchev–Trinajstić information content (AvgIpc) is 3.05. The zero-order valence-corrected chi connectivity index (χ0v) is 16.6. The molecule has 1 saturated heterocycles. The standard InChI is InChI=1S/C20H17F3N4O2S/c1-12(13-6-3-2-4-7-13)26-27-19-25-18(29)16(30-19)11-17(28)24-15-9-5-8-14(10-15)20(21,22)23/h2-10,16H,11H2,1H3,(H,24,28)(H,25,27,29). The Morgan fingerprint density at radius 1 is 1.17 bits per heavy atom. The van der Waals surface area contributed by atoms with E-state index in [0.717, 1.165) is 29.5 Å². The zero-order chi connectivity index (χ0) is 21.7. The van der Waals surface area contributed by atoms with Gasteiger partial charge in [-0.2, -0.15) is 18.3 Å². The van der Waals surface area contributed by atoms with E-state index in [1.807, 2.05) is 30.3 Å². The van der Waals surface area contributed by atoms with Crippen molar-refractivity contribution in [2.45, 2.75) is 24.8 Å². The molecule has 1 aliphatic heterocycles. The minimum Gasteiger partial charge on any atom is -0.326 e. The Labute approximate surface area is 174 Å². The Morgan fingerprint density at radius 3 is 2.60 bits per heavy atom. The fourth-order valence-electron chi connectivity index (χ4n) is 2.60. The van der Waals surface area contributed by atoms with E-state index in [1.54, 1.807) is 6.92 Å². The van der Waals surface area contributed by atoms with Gasteiger partial charge in [-0.15, -0.1) is 5.10 Å². The highest BCUT2D eigenvalue weighted by atomic mass is 32.2. The molecule has 156 valence electrons. The molecule has 1 atom stereocenters. The number of nitrogens with zero attached hydrogens (tertiary/aromatic N) is 2. The Kier molecular flexibility index (Phi) is 6.56. The highest BCUT2D eigenvalue weighted by Gasteiger charge is 2.33. The van der Waals surface area contributed by atoms with Gasteiger partial charge in [0.15, 0.2) is 5.17 Å². The molecule has 0 aromatic heterocycles. The summed E-state index contributed by atoms with van der Waals surface area (Å²) in [7, 11) is 0. The predicted molar refractivity (Wildman–Crippen MR) is 110 cm³/mol. The summed E-state index contributed by atoms with van der Waals surface area (Å²) in [6, 6.07) is 13.7. The molecular formula is C20H17F3N4O2S. The SMILES string of the molecule is CC(=NN=C1NC(=O)C(CC(=O)Nc2cccc(C(F)(F)F)c2)S1)c1ccccc1. The third-order valence-electron chi connectivity index (χ3n) is 4.10. The first-order valence-corrected chi connectivity index (χ1v) is 9.72. The van der Waals surface area contributed by atoms with Crippen LogP contribution in [0.5, 0.6) is 0 Å². The highest BCUT2D eigenvalue weighted by Crippen LogP contribution is 2.31. The van der Waals surface area contributed by atoms with Crippen molar-refractivity contribution >= 4 is 40.1 Å². The van der Waals surface area contributed by atoms with E-state index in [0.29, 0.717) is 5.71 Å². The minimum atomic E-state index is -4.51. The molecule has 10 heteroatoms. The molecule has 0 saturated carbocycles. The van der Waals surface area contributed by atoms with Crippen LogP contribution >= 0.6 is 11.8 Å². The molecule has 1 aliphatic rings. The van der Waals surface area contributed by atoms with Crippen LogP contribution in [0.15, 0.2) is 64.8 Å². The molecule has 1 heterocycles. The van der Waals surface area contributed by atoms with Crippen molar-refractivity contribution < 1.29 is 22.8 Å². The van der Waals surface area contributed by atoms with Crippen LogP contribution < -0.4 is 10.6 Å². The third kappa shape index (κ3) is 5.69. The van der Waals surface area contributed by atoms with Gasteiger partial charge in [-0.05, 0) is 30.7 Å². The van der Waals surface area contributed by atoms with Crippen LogP contribution in [0, 0.1) is 0 Å². The van der Waals surface area contributed by atoms with Gasteiger partial charge in [0.05, 0.1) is 11.3 Å². The van der Waals surface area contributed by atoms with Gasteiger partial charge >= 0.3 is 6.18 Å². The van der Waals surface area contributed by atoms with Crippen molar-refractivity contribution in [3.05, 3.63) is 65.7 Å². The Morgan fingerprint density at radius 2 is 1.90 bits per heavy atom. The van der Waals surface area contributed by atoms with Crippen LogP contribution in [0.25, 0.3) is 0 Å². The number of hydrogen-bond acceptors (Lipinski definition) is 5. The first kappa shape index (κ1) is 21.6. The quantitative estimate of drug-likeness (QED) is 0.550. The lowest BCUT2D eigenvalue weighted by Gasteiger charge is -2.10. The van der Waals surface area contributed by atoms with Crippen molar-refractivity contribution in [1.82, 2.24) is 5.32 Å². The summed E-state index contributed by atoms with van der Waals surface area (Å²) in [6.45, 7) is 1.78. The van der Waals surface area contributed by atoms with Crippen molar-refractivity contribution in [3.8, 4) is 0 Å². The summed E-state index contributed by atoms with van der Waals surface area (Å²) in [5.74, 6) is -0.988. The summed E-state index contributed by atoms with van der Waals surface area (Å²) >= 11 is 1.04. The van der Waals surface area contributed by atoms with Crippen LogP contribution in [0.3, 0.4) is 0 Å². The molecule has 6 nitrogen and oxygen atoms in total. The second kappa shape index (κ2) is 9.12. The number of benzene rings is 2. The average molecular weight is 434 g/mol. The zero-order valence-electron chi connectivity index (χ0n) is 15.7. The van der Waals surface area contributed by atoms with Gasteiger partial charge in [0.25, 0.3) is 0 Å². The van der Waals surface area contributed by atoms with Crippen molar-refractivity contribution in [2.75, 3.05) is 5.32 Å². The number of rotatable bonds is 5. The van der Waals surface area contributed by atoms with Gasteiger partial charge in [-0.1, -0.05) is 48.2 Å². The van der Waals surface area contributed by atoms with E-state index < -0.39 is 28.8 Å². The van der Waals surface area contributed by atoms with E-state index >= 15 is 0 Å². The topological polar surface area (TPSA) is 82.9 Å². The molecule has 30 heavy (non-hydrogen) atoms. The van der Waals surface area contributed by atoms with Crippen molar-refractivity contribution in [2.24, 2.45) is 10.2 Å². The van der Waals surface area contributed by atoms with Gasteiger partial charge in [0, 0.05) is 12.1 Å². The molecule has 0 spiro atoms. The number of nitrogens with one attached hydrogen (secondary N) is 2. The van der Waals surface area contributed by atoms with Gasteiger partial charge in [0.1, 0.15) is 5.25 Å². The van der Waals surface area contributed by atoms with Crippen LogP contribution in [-0.4, -0.2) is 27.9 Å². The fraction of sp³-hybridized carbons (Fsp3) is 0.200. The van der Waals surface area contributed by atoms with Crippen LogP contribution in [0.2, 0.25) is 0 Å². The summed E-state index contributed by atoms with van der Waals surface area (Å²) in [6.07, 6.45) is -4.72. The summed E-state index contributed by atoms with van der Waals surface area (Å²) < 4.78 is 38.3. The third-order valence-corrected chi connectivity index (χ3v) is 5.18. The summed E-state index contributed by atoms with van der Waals surface area (Å²) in [4.78, 5) is 24.3. The maximum absolute atomic E-state index is 12.8. The van der Waals surface area contributed by atoms with E-state index in [-0.39, 0.29) is 17.3 Å². The lowest BCUT2D eigenvalue weighted by molar-refractivity contribution is -0.137. The number of thioether (sulfide) groups is 1. The summed E-state index contributed by atoms with van der Waals surface area (Å²) in [5, 5.41) is 12.5. The second-order valence-corrected chi connectivity index (χ2v) is 7.57. The van der Waals surface area contributed by atoms with Gasteiger partial charge in [-0.25, -0.2) is 0 Å². The number of amides is 2. The first-order chi connectivity index (χ1) is 14.2. The highest BCUT2D eigenvalue weighted by molar-refractivity contribution is 8.15. The Balaban J connectivity index is 1.60. The molecule has 1 fully saturated rings. The maximum atomic E-state index is 12.8. The monoisotopic (exact) mass is 434 g/mol. The van der Waals surface area contributed by atoms with Crippen molar-refractivity contribution in [1.29, 1.82) is 0 Å². The molecule has 0 radical (unpaired) electrons. The summed E-state index contributed by atoms with van der Waals surface area (Å²) in [5.41, 5.74) is 0.682. The molecule has 3 rings (SSSR count). The molecule has 2 N–H and O–H groups in total. The fourth-order valence-corrected chi connectivity index (χ4v) is 3.52. The van der Waals surface area contributed by atoms with E-state index in [9.17, 15) is 22.8 Å². The normalized spacial score (nSPS) is 18.4. The smallest absolute Gasteiger partial charge is 0.326 e. The molecule has 1 unspecified atom stereocenters. The number of halogens is 3. The second-order valence-electron chi connectivity index (χ2n) is 6.38. The molecule has 2 aromatic carbocycles. The molecule has 0 aliphatic carbocycles. The number of amidine groups is 1. The van der Waals surface area contributed by atoms with Crippen molar-refractivity contribution in [3.63, 3.8) is 0 Å². The minimum absolute atomic E-state index is 0.00945. The maximum Gasteiger partial charge on any atom is 0.416 e. The molecule has 2 amide bonds. The Hall–Kier alpha value is -3.14. The van der Waals surface area contributed by atoms with Gasteiger partial charge in [-0.3, -0.25) is 9.59 Å². The van der Waals surface area contributed by atoms with Crippen LogP contribution in [-0.2, 0) is 15.8 Å². The van der Waals surface area contributed by atoms with Gasteiger partial charge < -0.3 is 10.6 Å². The number of hydrogen-bond donors (Lipinski definition) is 2. The number of anilines is 1. The van der Waals surface area contributed by atoms with E-state index in [2.05, 4.69) is 20.8 Å².